The smallest absolute Gasteiger partial charge is 0.177 e. The fraction of sp³-hybridized carbons (Fsp3) is 0.125. The van der Waals surface area contributed by atoms with Gasteiger partial charge in [0.1, 0.15) is 10.9 Å². The third kappa shape index (κ3) is 3.82. The fourth-order valence-corrected chi connectivity index (χ4v) is 5.81. The topological polar surface area (TPSA) is 51.2 Å². The van der Waals surface area contributed by atoms with Gasteiger partial charge in [-0.15, -0.1) is 0 Å². The van der Waals surface area contributed by atoms with E-state index in [0.717, 1.165) is 14.7 Å². The first-order chi connectivity index (χ1) is 13.4. The first kappa shape index (κ1) is 19.8. The predicted molar refractivity (Wildman–Crippen MR) is 112 cm³/mol. The number of carbonyl (C=O) groups excluding carboxylic acids is 3. The van der Waals surface area contributed by atoms with Gasteiger partial charge in [-0.05, 0) is 57.2 Å². The van der Waals surface area contributed by atoms with Crippen molar-refractivity contribution in [3.8, 4) is 0 Å². The molecule has 0 N–H and O–H groups in total. The van der Waals surface area contributed by atoms with Crippen LogP contribution in [0.3, 0.4) is 0 Å². The van der Waals surface area contributed by atoms with Crippen LogP contribution in [0.4, 0.5) is 0 Å². The van der Waals surface area contributed by atoms with E-state index in [4.69, 9.17) is 0 Å². The van der Waals surface area contributed by atoms with Crippen LogP contribution in [0.5, 0.6) is 0 Å². The van der Waals surface area contributed by atoms with Crippen LogP contribution in [-0.2, 0) is 10.9 Å². The Hall–Kier alpha value is -2.98. The predicted octanol–water partition coefficient (Wildman–Crippen LogP) is 5.39. The van der Waals surface area contributed by atoms with Gasteiger partial charge >= 0.3 is 0 Å². The molecule has 3 aromatic carbocycles. The summed E-state index contributed by atoms with van der Waals surface area (Å²) >= 11 is 0. The van der Waals surface area contributed by atoms with Gasteiger partial charge in [0.25, 0.3) is 0 Å². The first-order valence-corrected chi connectivity index (χ1v) is 10.2. The largest absolute Gasteiger partial charge is 0.294 e. The number of rotatable bonds is 6. The van der Waals surface area contributed by atoms with Crippen LogP contribution >= 0.6 is 0 Å². The lowest BCUT2D eigenvalue weighted by Gasteiger charge is -2.14. The first-order valence-electron chi connectivity index (χ1n) is 8.96. The molecule has 0 aliphatic carbocycles. The average Bonchev–Trinajstić information content (AvgIpc) is 2.69. The number of hydrogen-bond acceptors (Lipinski definition) is 3. The Morgan fingerprint density at radius 1 is 0.500 bits per heavy atom. The molecular weight excluding hydrogens is 368 g/mol. The molecule has 3 aromatic rings. The lowest BCUT2D eigenvalue weighted by molar-refractivity contribution is 0.100. The van der Waals surface area contributed by atoms with Gasteiger partial charge in [-0.1, -0.05) is 36.4 Å². The highest BCUT2D eigenvalue weighted by Gasteiger charge is 2.37. The maximum atomic E-state index is 12.3. The normalized spacial score (nSPS) is 10.7. The highest BCUT2D eigenvalue weighted by Crippen LogP contribution is 2.37. The zero-order chi connectivity index (χ0) is 20.3. The van der Waals surface area contributed by atoms with Crippen LogP contribution in [0.25, 0.3) is 0 Å². The molecule has 0 aliphatic rings. The molecule has 28 heavy (non-hydrogen) atoms. The number of hydrogen-bond donors (Lipinski definition) is 0. The van der Waals surface area contributed by atoms with Crippen LogP contribution < -0.4 is 0 Å². The van der Waals surface area contributed by atoms with Gasteiger partial charge in [0.15, 0.2) is 32.0 Å². The standard InChI is InChI=1S/C24H21O3S/c1-16(25)19-10-4-7-13-22(19)28(23-14-8-5-11-20(23)17(2)26)24-15-9-6-12-21(24)18(3)27/h4-15H,1-3H3/q+1. The zero-order valence-electron chi connectivity index (χ0n) is 16.1. The molecule has 0 atom stereocenters. The fourth-order valence-electron chi connectivity index (χ4n) is 3.16. The van der Waals surface area contributed by atoms with Crippen LogP contribution in [0.1, 0.15) is 51.8 Å². The van der Waals surface area contributed by atoms with Crippen molar-refractivity contribution in [2.45, 2.75) is 35.5 Å². The molecule has 0 aromatic heterocycles. The Balaban J connectivity index is 2.40. The third-order valence-corrected chi connectivity index (χ3v) is 6.85. The molecule has 0 saturated carbocycles. The van der Waals surface area contributed by atoms with Gasteiger partial charge in [0.2, 0.25) is 0 Å². The van der Waals surface area contributed by atoms with E-state index < -0.39 is 10.9 Å². The summed E-state index contributed by atoms with van der Waals surface area (Å²) in [4.78, 5) is 39.5. The Labute approximate surface area is 167 Å². The molecule has 0 amide bonds. The summed E-state index contributed by atoms with van der Waals surface area (Å²) in [5.41, 5.74) is 1.80. The van der Waals surface area contributed by atoms with E-state index in [9.17, 15) is 14.4 Å². The van der Waals surface area contributed by atoms with Gasteiger partial charge in [-0.25, -0.2) is 0 Å². The molecule has 0 bridgehead atoms. The van der Waals surface area contributed by atoms with Gasteiger partial charge < -0.3 is 0 Å². The maximum absolute atomic E-state index is 12.3. The number of benzene rings is 3. The minimum Gasteiger partial charge on any atom is -0.294 e. The summed E-state index contributed by atoms with van der Waals surface area (Å²) in [6, 6.07) is 22.3. The Morgan fingerprint density at radius 3 is 1.00 bits per heavy atom. The molecule has 3 rings (SSSR count). The molecule has 0 heterocycles. The van der Waals surface area contributed by atoms with Crippen LogP contribution in [0.15, 0.2) is 87.5 Å². The lowest BCUT2D eigenvalue weighted by Crippen LogP contribution is -2.15. The Bertz CT molecular complexity index is 932. The van der Waals surface area contributed by atoms with E-state index >= 15 is 0 Å². The van der Waals surface area contributed by atoms with Gasteiger partial charge in [-0.3, -0.25) is 14.4 Å². The van der Waals surface area contributed by atoms with E-state index in [1.54, 1.807) is 18.2 Å². The highest BCUT2D eigenvalue weighted by atomic mass is 32.2. The number of carbonyl (C=O) groups is 3. The minimum absolute atomic E-state index is 0.0475. The zero-order valence-corrected chi connectivity index (χ0v) is 16.9. The maximum Gasteiger partial charge on any atom is 0.177 e. The molecule has 0 spiro atoms. The molecule has 0 aliphatic heterocycles. The van der Waals surface area contributed by atoms with Crippen molar-refractivity contribution in [1.82, 2.24) is 0 Å². The molecular formula is C24H21O3S+. The quantitative estimate of drug-likeness (QED) is 0.419. The van der Waals surface area contributed by atoms with Crippen molar-refractivity contribution < 1.29 is 14.4 Å². The molecule has 4 heteroatoms. The van der Waals surface area contributed by atoms with E-state index in [2.05, 4.69) is 0 Å². The van der Waals surface area contributed by atoms with Gasteiger partial charge in [0.05, 0.1) is 16.7 Å². The van der Waals surface area contributed by atoms with Crippen molar-refractivity contribution in [3.63, 3.8) is 0 Å². The summed E-state index contributed by atoms with van der Waals surface area (Å²) in [6.07, 6.45) is 0. The van der Waals surface area contributed by atoms with E-state index in [1.165, 1.54) is 20.8 Å². The lowest BCUT2D eigenvalue weighted by atomic mass is 10.1. The minimum atomic E-state index is -0.774. The van der Waals surface area contributed by atoms with E-state index in [1.807, 2.05) is 54.6 Å². The monoisotopic (exact) mass is 389 g/mol. The van der Waals surface area contributed by atoms with E-state index in [-0.39, 0.29) is 17.3 Å². The summed E-state index contributed by atoms with van der Waals surface area (Å²) in [6.45, 7) is 4.61. The second-order valence-electron chi connectivity index (χ2n) is 6.46. The van der Waals surface area contributed by atoms with Crippen LogP contribution in [-0.4, -0.2) is 17.3 Å². The molecule has 0 fully saturated rings. The SMILES string of the molecule is CC(=O)c1ccccc1[S+](c1ccccc1C(C)=O)c1ccccc1C(C)=O. The van der Waals surface area contributed by atoms with Crippen molar-refractivity contribution in [3.05, 3.63) is 89.5 Å². The second-order valence-corrected chi connectivity index (χ2v) is 8.40. The Kier molecular flexibility index (Phi) is 5.90. The van der Waals surface area contributed by atoms with Gasteiger partial charge in [-0.2, -0.15) is 0 Å². The molecule has 0 unspecified atom stereocenters. The van der Waals surface area contributed by atoms with Gasteiger partial charge in [0, 0.05) is 0 Å². The van der Waals surface area contributed by atoms with E-state index in [0.29, 0.717) is 16.7 Å². The summed E-state index contributed by atoms with van der Waals surface area (Å²) in [5, 5.41) is 0. The third-order valence-electron chi connectivity index (χ3n) is 4.46. The number of ketones is 3. The van der Waals surface area contributed by atoms with Crippen molar-refractivity contribution in [1.29, 1.82) is 0 Å². The highest BCUT2D eigenvalue weighted by molar-refractivity contribution is 7.97. The number of Topliss-reactive ketones (excluding diaryl/α,β-unsaturated/α-hetero) is 3. The van der Waals surface area contributed by atoms with Crippen molar-refractivity contribution in [2.24, 2.45) is 0 Å². The van der Waals surface area contributed by atoms with Crippen molar-refractivity contribution >= 4 is 28.2 Å². The summed E-state index contributed by atoms with van der Waals surface area (Å²) < 4.78 is 0. The average molecular weight is 389 g/mol. The summed E-state index contributed by atoms with van der Waals surface area (Å²) in [7, 11) is -0.774. The van der Waals surface area contributed by atoms with Crippen molar-refractivity contribution in [2.75, 3.05) is 0 Å². The molecule has 0 saturated heterocycles. The summed E-state index contributed by atoms with van der Waals surface area (Å²) in [5.74, 6) is -0.142. The molecule has 3 nitrogen and oxygen atoms in total. The van der Waals surface area contributed by atoms with Crippen LogP contribution in [0.2, 0.25) is 0 Å². The molecule has 140 valence electrons. The molecule has 0 radical (unpaired) electrons. The second kappa shape index (κ2) is 8.36. The Morgan fingerprint density at radius 2 is 0.750 bits per heavy atom. The van der Waals surface area contributed by atoms with Crippen LogP contribution in [0, 0.1) is 0 Å².